The first-order valence-corrected chi connectivity index (χ1v) is 10.5. The van der Waals surface area contributed by atoms with Crippen molar-refractivity contribution in [3.8, 4) is 5.75 Å². The lowest BCUT2D eigenvalue weighted by atomic mass is 10.1. The van der Waals surface area contributed by atoms with E-state index in [-0.39, 0.29) is 5.91 Å². The highest BCUT2D eigenvalue weighted by molar-refractivity contribution is 7.22. The van der Waals surface area contributed by atoms with Crippen molar-refractivity contribution in [3.05, 3.63) is 54.1 Å². The number of fused-ring (bicyclic) bond motifs is 1. The van der Waals surface area contributed by atoms with Crippen molar-refractivity contribution >= 4 is 32.6 Å². The molecule has 0 radical (unpaired) electrons. The van der Waals surface area contributed by atoms with Gasteiger partial charge < -0.3 is 9.64 Å². The topological polar surface area (TPSA) is 46.9 Å². The Morgan fingerprint density at radius 1 is 1.14 bits per heavy atom. The van der Waals surface area contributed by atoms with Gasteiger partial charge in [0.2, 0.25) is 5.91 Å². The van der Waals surface area contributed by atoms with E-state index in [0.29, 0.717) is 19.6 Å². The van der Waals surface area contributed by atoms with Crippen LogP contribution >= 0.6 is 11.3 Å². The fourth-order valence-corrected chi connectivity index (χ4v) is 4.04. The van der Waals surface area contributed by atoms with Gasteiger partial charge in [0.05, 0.1) is 43.9 Å². The number of quaternary nitrogens is 1. The van der Waals surface area contributed by atoms with Crippen LogP contribution in [0.25, 0.3) is 10.2 Å². The predicted octanol–water partition coefficient (Wildman–Crippen LogP) is 2.81. The molecule has 3 aromatic rings. The SMILES string of the molecule is CCOc1ccc(CC(=O)N(CCC[NH+](C)C)c2nc3ccccc3s2)cc1. The van der Waals surface area contributed by atoms with E-state index in [1.54, 1.807) is 11.3 Å². The number of thiazole rings is 1. The molecule has 1 aromatic heterocycles. The number of carbonyl (C=O) groups is 1. The summed E-state index contributed by atoms with van der Waals surface area (Å²) in [4.78, 5) is 21.1. The average Bonchev–Trinajstić information content (AvgIpc) is 3.10. The van der Waals surface area contributed by atoms with Crippen LogP contribution in [0, 0.1) is 0 Å². The third-order valence-electron chi connectivity index (χ3n) is 4.46. The van der Waals surface area contributed by atoms with Crippen molar-refractivity contribution in [2.75, 3.05) is 38.7 Å². The molecule has 28 heavy (non-hydrogen) atoms. The first-order valence-electron chi connectivity index (χ1n) is 9.73. The maximum atomic E-state index is 13.1. The number of amides is 1. The van der Waals surface area contributed by atoms with Crippen molar-refractivity contribution in [2.24, 2.45) is 0 Å². The van der Waals surface area contributed by atoms with Crippen LogP contribution in [-0.2, 0) is 11.2 Å². The highest BCUT2D eigenvalue weighted by Gasteiger charge is 2.20. The molecule has 0 spiro atoms. The molecule has 0 saturated heterocycles. The van der Waals surface area contributed by atoms with Gasteiger partial charge in [0.1, 0.15) is 5.75 Å². The molecule has 5 nitrogen and oxygen atoms in total. The number of nitrogens with zero attached hydrogens (tertiary/aromatic N) is 2. The molecule has 0 aliphatic heterocycles. The number of nitrogens with one attached hydrogen (secondary N) is 1. The molecule has 0 aliphatic carbocycles. The van der Waals surface area contributed by atoms with Gasteiger partial charge in [-0.2, -0.15) is 0 Å². The number of rotatable bonds is 9. The molecule has 2 aromatic carbocycles. The number of benzene rings is 2. The Labute approximate surface area is 170 Å². The summed E-state index contributed by atoms with van der Waals surface area (Å²) in [6, 6.07) is 15.8. The Morgan fingerprint density at radius 3 is 2.57 bits per heavy atom. The van der Waals surface area contributed by atoms with E-state index in [0.717, 1.165) is 39.6 Å². The lowest BCUT2D eigenvalue weighted by Crippen LogP contribution is -3.05. The Balaban J connectivity index is 1.77. The van der Waals surface area contributed by atoms with E-state index in [1.165, 1.54) is 4.90 Å². The van der Waals surface area contributed by atoms with Crippen molar-refractivity contribution in [2.45, 2.75) is 19.8 Å². The van der Waals surface area contributed by atoms with Crippen LogP contribution in [0.1, 0.15) is 18.9 Å². The molecule has 0 saturated carbocycles. The summed E-state index contributed by atoms with van der Waals surface area (Å²) in [7, 11) is 4.26. The lowest BCUT2D eigenvalue weighted by Gasteiger charge is -2.20. The minimum atomic E-state index is 0.0805. The summed E-state index contributed by atoms with van der Waals surface area (Å²) >= 11 is 1.58. The summed E-state index contributed by atoms with van der Waals surface area (Å²) in [6.45, 7) is 4.29. The van der Waals surface area contributed by atoms with Crippen LogP contribution in [0.15, 0.2) is 48.5 Å². The molecule has 1 heterocycles. The summed E-state index contributed by atoms with van der Waals surface area (Å²) < 4.78 is 6.59. The van der Waals surface area contributed by atoms with Crippen LogP contribution in [0.5, 0.6) is 5.75 Å². The van der Waals surface area contributed by atoms with Crippen LogP contribution in [0.2, 0.25) is 0 Å². The molecule has 0 fully saturated rings. The molecule has 1 amide bonds. The number of hydrogen-bond acceptors (Lipinski definition) is 4. The van der Waals surface area contributed by atoms with Crippen LogP contribution < -0.4 is 14.5 Å². The zero-order chi connectivity index (χ0) is 19.9. The minimum absolute atomic E-state index is 0.0805. The number of anilines is 1. The standard InChI is InChI=1S/C22H27N3O2S/c1-4-27-18-12-10-17(11-13-18)16-21(26)25(15-7-14-24(2)3)22-23-19-8-5-6-9-20(19)28-22/h5-6,8-13H,4,7,14-16H2,1-3H3/p+1. The van der Waals surface area contributed by atoms with Crippen molar-refractivity contribution in [1.29, 1.82) is 0 Å². The molecule has 148 valence electrons. The second-order valence-electron chi connectivity index (χ2n) is 7.07. The normalized spacial score (nSPS) is 11.1. The molecule has 1 N–H and O–H groups in total. The van der Waals surface area contributed by atoms with Crippen LogP contribution in [0.4, 0.5) is 5.13 Å². The van der Waals surface area contributed by atoms with Gasteiger partial charge in [0.25, 0.3) is 0 Å². The van der Waals surface area contributed by atoms with Gasteiger partial charge in [-0.15, -0.1) is 0 Å². The quantitative estimate of drug-likeness (QED) is 0.603. The molecule has 6 heteroatoms. The number of carbonyl (C=O) groups excluding carboxylic acids is 1. The van der Waals surface area contributed by atoms with Gasteiger partial charge in [-0.1, -0.05) is 35.6 Å². The monoisotopic (exact) mass is 398 g/mol. The number of hydrogen-bond donors (Lipinski definition) is 1. The zero-order valence-corrected chi connectivity index (χ0v) is 17.6. The van der Waals surface area contributed by atoms with Crippen molar-refractivity contribution in [1.82, 2.24) is 4.98 Å². The third kappa shape index (κ3) is 5.30. The zero-order valence-electron chi connectivity index (χ0n) is 16.8. The third-order valence-corrected chi connectivity index (χ3v) is 5.52. The highest BCUT2D eigenvalue weighted by atomic mass is 32.1. The summed E-state index contributed by atoms with van der Waals surface area (Å²) in [5.41, 5.74) is 1.93. The predicted molar refractivity (Wildman–Crippen MR) is 116 cm³/mol. The summed E-state index contributed by atoms with van der Waals surface area (Å²) in [6.07, 6.45) is 1.30. The van der Waals surface area contributed by atoms with Gasteiger partial charge in [-0.3, -0.25) is 9.69 Å². The second kappa shape index (κ2) is 9.66. The van der Waals surface area contributed by atoms with E-state index in [9.17, 15) is 4.79 Å². The van der Waals surface area contributed by atoms with E-state index < -0.39 is 0 Å². The molecule has 0 aliphatic rings. The fraction of sp³-hybridized carbons (Fsp3) is 0.364. The number of ether oxygens (including phenoxy) is 1. The van der Waals surface area contributed by atoms with E-state index in [4.69, 9.17) is 9.72 Å². The number of para-hydroxylation sites is 1. The molecule has 3 rings (SSSR count). The summed E-state index contributed by atoms with van der Waals surface area (Å²) in [5, 5.41) is 0.783. The van der Waals surface area contributed by atoms with Crippen LogP contribution in [-0.4, -0.2) is 44.7 Å². The molecule has 0 bridgehead atoms. The van der Waals surface area contributed by atoms with Gasteiger partial charge in [-0.25, -0.2) is 4.98 Å². The Kier molecular flexibility index (Phi) is 7.01. The Morgan fingerprint density at radius 2 is 1.89 bits per heavy atom. The second-order valence-corrected chi connectivity index (χ2v) is 8.08. The lowest BCUT2D eigenvalue weighted by molar-refractivity contribution is -0.858. The van der Waals surface area contributed by atoms with Gasteiger partial charge in [-0.05, 0) is 36.8 Å². The van der Waals surface area contributed by atoms with E-state index >= 15 is 0 Å². The van der Waals surface area contributed by atoms with Crippen molar-refractivity contribution in [3.63, 3.8) is 0 Å². The van der Waals surface area contributed by atoms with E-state index in [1.807, 2.05) is 54.3 Å². The largest absolute Gasteiger partial charge is 0.494 e. The maximum absolute atomic E-state index is 13.1. The van der Waals surface area contributed by atoms with Gasteiger partial charge in [0, 0.05) is 13.0 Å². The fourth-order valence-electron chi connectivity index (χ4n) is 3.03. The molecule has 0 atom stereocenters. The Bertz CT molecular complexity index is 873. The van der Waals surface area contributed by atoms with Gasteiger partial charge >= 0.3 is 0 Å². The molecule has 0 unspecified atom stereocenters. The Hall–Kier alpha value is -2.44. The van der Waals surface area contributed by atoms with Crippen molar-refractivity contribution < 1.29 is 14.4 Å². The van der Waals surface area contributed by atoms with Crippen LogP contribution in [0.3, 0.4) is 0 Å². The number of aromatic nitrogens is 1. The average molecular weight is 399 g/mol. The minimum Gasteiger partial charge on any atom is -0.494 e. The molecular weight excluding hydrogens is 370 g/mol. The van der Waals surface area contributed by atoms with E-state index in [2.05, 4.69) is 20.2 Å². The van der Waals surface area contributed by atoms with Gasteiger partial charge in [0.15, 0.2) is 5.13 Å². The first kappa shape index (κ1) is 20.3. The maximum Gasteiger partial charge on any atom is 0.233 e. The highest BCUT2D eigenvalue weighted by Crippen LogP contribution is 2.29. The first-order chi connectivity index (χ1) is 13.6. The molecular formula is C22H28N3O2S+. The smallest absolute Gasteiger partial charge is 0.233 e. The summed E-state index contributed by atoms with van der Waals surface area (Å²) in [5.74, 6) is 0.910.